The van der Waals surface area contributed by atoms with Crippen LogP contribution in [0.25, 0.3) is 0 Å². The lowest BCUT2D eigenvalue weighted by Gasteiger charge is -2.16. The van der Waals surface area contributed by atoms with Gasteiger partial charge in [-0.1, -0.05) is 0 Å². The van der Waals surface area contributed by atoms with Crippen molar-refractivity contribution < 1.29 is 9.90 Å². The minimum absolute atomic E-state index is 0.0384. The number of aromatic nitrogens is 1. The van der Waals surface area contributed by atoms with Crippen molar-refractivity contribution in [1.82, 2.24) is 9.88 Å². The molecule has 0 saturated carbocycles. The molecular weight excluding hydrogens is 218 g/mol. The Balaban J connectivity index is 2.21. The Labute approximate surface area is 100 Å². The van der Waals surface area contributed by atoms with E-state index >= 15 is 0 Å². The van der Waals surface area contributed by atoms with E-state index in [1.807, 2.05) is 6.92 Å². The number of aryl methyl sites for hydroxylation is 1. The molecule has 1 saturated heterocycles. The molecule has 17 heavy (non-hydrogen) atoms. The topological polar surface area (TPSA) is 65.5 Å². The maximum absolute atomic E-state index is 12.2. The highest BCUT2D eigenvalue weighted by Gasteiger charge is 2.25. The van der Waals surface area contributed by atoms with Gasteiger partial charge in [-0.15, -0.1) is 0 Å². The maximum Gasteiger partial charge on any atom is 0.254 e. The van der Waals surface area contributed by atoms with E-state index in [1.54, 1.807) is 24.1 Å². The third kappa shape index (κ3) is 2.55. The fourth-order valence-electron chi connectivity index (χ4n) is 2.03. The van der Waals surface area contributed by atoms with E-state index < -0.39 is 0 Å². The Hall–Kier alpha value is -1.62. The first-order valence-corrected chi connectivity index (χ1v) is 5.74. The molecule has 1 fully saturated rings. The Kier molecular flexibility index (Phi) is 3.28. The van der Waals surface area contributed by atoms with Gasteiger partial charge in [-0.05, 0) is 25.5 Å². The summed E-state index contributed by atoms with van der Waals surface area (Å²) in [4.78, 5) is 18.1. The summed E-state index contributed by atoms with van der Waals surface area (Å²) >= 11 is 0. The largest absolute Gasteiger partial charge is 0.391 e. The first kappa shape index (κ1) is 11.9. The summed E-state index contributed by atoms with van der Waals surface area (Å²) in [5.74, 6) is 0.650. The van der Waals surface area contributed by atoms with Gasteiger partial charge in [0.2, 0.25) is 0 Å². The summed E-state index contributed by atoms with van der Waals surface area (Å²) in [5, 5.41) is 12.4. The van der Waals surface area contributed by atoms with Gasteiger partial charge in [-0.3, -0.25) is 4.79 Å². The number of nitrogens with zero attached hydrogens (tertiary/aromatic N) is 2. The van der Waals surface area contributed by atoms with Crippen molar-refractivity contribution in [3.63, 3.8) is 0 Å². The Morgan fingerprint density at radius 2 is 2.35 bits per heavy atom. The molecule has 1 aromatic rings. The van der Waals surface area contributed by atoms with Crippen LogP contribution in [0.1, 0.15) is 22.5 Å². The number of nitrogens with one attached hydrogen (secondary N) is 1. The van der Waals surface area contributed by atoms with Crippen LogP contribution in [0.4, 0.5) is 5.82 Å². The molecule has 1 atom stereocenters. The molecule has 0 spiro atoms. The second-order valence-electron chi connectivity index (χ2n) is 4.33. The number of hydrogen-bond donors (Lipinski definition) is 2. The molecule has 1 aliphatic rings. The van der Waals surface area contributed by atoms with Crippen LogP contribution < -0.4 is 5.32 Å². The Morgan fingerprint density at radius 3 is 2.94 bits per heavy atom. The van der Waals surface area contributed by atoms with E-state index in [0.717, 1.165) is 5.69 Å². The molecule has 1 aromatic heterocycles. The highest BCUT2D eigenvalue weighted by atomic mass is 16.3. The van der Waals surface area contributed by atoms with E-state index in [-0.39, 0.29) is 12.0 Å². The van der Waals surface area contributed by atoms with Crippen molar-refractivity contribution in [2.24, 2.45) is 0 Å². The number of amides is 1. The second kappa shape index (κ2) is 4.71. The number of carbonyl (C=O) groups is 1. The lowest BCUT2D eigenvalue weighted by Crippen LogP contribution is -2.29. The lowest BCUT2D eigenvalue weighted by atomic mass is 10.2. The van der Waals surface area contributed by atoms with Crippen molar-refractivity contribution in [3.8, 4) is 0 Å². The number of aliphatic hydroxyl groups is 1. The number of anilines is 1. The number of likely N-dealkylation sites (tertiary alicyclic amines) is 1. The summed E-state index contributed by atoms with van der Waals surface area (Å²) in [6.07, 6.45) is 0.278. The zero-order valence-corrected chi connectivity index (χ0v) is 10.1. The van der Waals surface area contributed by atoms with E-state index in [2.05, 4.69) is 10.3 Å². The molecule has 0 aromatic carbocycles. The predicted molar refractivity (Wildman–Crippen MR) is 65.0 cm³/mol. The van der Waals surface area contributed by atoms with Gasteiger partial charge in [0, 0.05) is 31.4 Å². The van der Waals surface area contributed by atoms with E-state index in [4.69, 9.17) is 0 Å². The molecule has 1 amide bonds. The average molecular weight is 235 g/mol. The van der Waals surface area contributed by atoms with Crippen molar-refractivity contribution in [2.75, 3.05) is 25.5 Å². The van der Waals surface area contributed by atoms with Crippen molar-refractivity contribution in [1.29, 1.82) is 0 Å². The summed E-state index contributed by atoms with van der Waals surface area (Å²) in [5.41, 5.74) is 1.43. The van der Waals surface area contributed by atoms with Crippen LogP contribution in [0.5, 0.6) is 0 Å². The number of pyridine rings is 1. The Bertz CT molecular complexity index is 434. The highest BCUT2D eigenvalue weighted by molar-refractivity contribution is 5.95. The minimum atomic E-state index is -0.384. The smallest absolute Gasteiger partial charge is 0.254 e. The van der Waals surface area contributed by atoms with Gasteiger partial charge in [-0.2, -0.15) is 0 Å². The highest BCUT2D eigenvalue weighted by Crippen LogP contribution is 2.16. The summed E-state index contributed by atoms with van der Waals surface area (Å²) < 4.78 is 0. The molecule has 0 bridgehead atoms. The normalized spacial score (nSPS) is 19.5. The molecule has 92 valence electrons. The average Bonchev–Trinajstić information content (AvgIpc) is 2.74. The van der Waals surface area contributed by atoms with Crippen LogP contribution in [0.2, 0.25) is 0 Å². The molecule has 5 heteroatoms. The summed E-state index contributed by atoms with van der Waals surface area (Å²) in [6, 6.07) is 3.51. The molecule has 1 unspecified atom stereocenters. The van der Waals surface area contributed by atoms with Crippen molar-refractivity contribution in [2.45, 2.75) is 19.4 Å². The third-order valence-corrected chi connectivity index (χ3v) is 2.91. The minimum Gasteiger partial charge on any atom is -0.391 e. The van der Waals surface area contributed by atoms with E-state index in [1.165, 1.54) is 0 Å². The van der Waals surface area contributed by atoms with Gasteiger partial charge in [0.1, 0.15) is 5.82 Å². The maximum atomic E-state index is 12.2. The quantitative estimate of drug-likeness (QED) is 0.789. The SMILES string of the molecule is CNc1cc(C(=O)N2CCC(O)C2)cc(C)n1. The van der Waals surface area contributed by atoms with Crippen LogP contribution in [-0.2, 0) is 0 Å². The van der Waals surface area contributed by atoms with Gasteiger partial charge in [0.05, 0.1) is 6.10 Å². The standard InChI is InChI=1S/C12H17N3O2/c1-8-5-9(6-11(13-2)14-8)12(17)15-4-3-10(16)7-15/h5-6,10,16H,3-4,7H2,1-2H3,(H,13,14). The Morgan fingerprint density at radius 1 is 1.59 bits per heavy atom. The summed E-state index contributed by atoms with van der Waals surface area (Å²) in [6.45, 7) is 2.90. The lowest BCUT2D eigenvalue weighted by molar-refractivity contribution is 0.0765. The van der Waals surface area contributed by atoms with Gasteiger partial charge >= 0.3 is 0 Å². The number of hydrogen-bond acceptors (Lipinski definition) is 4. The van der Waals surface area contributed by atoms with Gasteiger partial charge in [-0.25, -0.2) is 4.98 Å². The first-order valence-electron chi connectivity index (χ1n) is 5.74. The van der Waals surface area contributed by atoms with Crippen molar-refractivity contribution in [3.05, 3.63) is 23.4 Å². The fraction of sp³-hybridized carbons (Fsp3) is 0.500. The van der Waals surface area contributed by atoms with Crippen LogP contribution in [-0.4, -0.2) is 47.1 Å². The monoisotopic (exact) mass is 235 g/mol. The van der Waals surface area contributed by atoms with Gasteiger partial charge in [0.15, 0.2) is 0 Å². The molecule has 2 heterocycles. The predicted octanol–water partition coefficient (Wildman–Crippen LogP) is 0.639. The van der Waals surface area contributed by atoms with Gasteiger partial charge in [0.25, 0.3) is 5.91 Å². The number of β-amino-alcohol motifs (C(OH)–C–C–N with tert-alkyl or cyclic N) is 1. The van der Waals surface area contributed by atoms with Crippen LogP contribution in [0, 0.1) is 6.92 Å². The number of rotatable bonds is 2. The van der Waals surface area contributed by atoms with Gasteiger partial charge < -0.3 is 15.3 Å². The van der Waals surface area contributed by atoms with Crippen LogP contribution >= 0.6 is 0 Å². The molecule has 0 radical (unpaired) electrons. The van der Waals surface area contributed by atoms with Crippen molar-refractivity contribution >= 4 is 11.7 Å². The summed E-state index contributed by atoms with van der Waals surface area (Å²) in [7, 11) is 1.77. The molecule has 1 aliphatic heterocycles. The molecule has 2 N–H and O–H groups in total. The van der Waals surface area contributed by atoms with Crippen LogP contribution in [0.15, 0.2) is 12.1 Å². The molecular formula is C12H17N3O2. The second-order valence-corrected chi connectivity index (χ2v) is 4.33. The molecule has 5 nitrogen and oxygen atoms in total. The zero-order valence-electron chi connectivity index (χ0n) is 10.1. The zero-order chi connectivity index (χ0) is 12.4. The molecule has 2 rings (SSSR count). The van der Waals surface area contributed by atoms with E-state index in [9.17, 15) is 9.90 Å². The third-order valence-electron chi connectivity index (χ3n) is 2.91. The van der Waals surface area contributed by atoms with E-state index in [0.29, 0.717) is 30.9 Å². The van der Waals surface area contributed by atoms with Crippen LogP contribution in [0.3, 0.4) is 0 Å². The number of carbonyl (C=O) groups excluding carboxylic acids is 1. The fourth-order valence-corrected chi connectivity index (χ4v) is 2.03. The molecule has 0 aliphatic carbocycles. The number of aliphatic hydroxyl groups excluding tert-OH is 1. The first-order chi connectivity index (χ1) is 8.10.